The summed E-state index contributed by atoms with van der Waals surface area (Å²) in [5.74, 6) is 1.55. The first-order valence-corrected chi connectivity index (χ1v) is 11.5. The van der Waals surface area contributed by atoms with Crippen molar-refractivity contribution in [2.45, 2.75) is 44.6 Å². The molecule has 4 rings (SSSR count). The number of likely N-dealkylation sites (tertiary alicyclic amines) is 1. The van der Waals surface area contributed by atoms with Crippen LogP contribution in [-0.2, 0) is 11.2 Å². The van der Waals surface area contributed by atoms with Gasteiger partial charge in [-0.15, -0.1) is 0 Å². The maximum atomic E-state index is 13.1. The molecule has 32 heavy (non-hydrogen) atoms. The zero-order valence-electron chi connectivity index (χ0n) is 19.0. The highest BCUT2D eigenvalue weighted by molar-refractivity contribution is 5.94. The molecule has 2 aliphatic rings. The van der Waals surface area contributed by atoms with E-state index in [1.54, 1.807) is 19.2 Å². The fourth-order valence-corrected chi connectivity index (χ4v) is 4.94. The largest absolute Gasteiger partial charge is 0.497 e. The van der Waals surface area contributed by atoms with E-state index in [4.69, 9.17) is 9.15 Å². The van der Waals surface area contributed by atoms with Crippen molar-refractivity contribution >= 4 is 11.8 Å². The molecule has 1 aliphatic heterocycles. The molecular formula is C26H32N2O4. The van der Waals surface area contributed by atoms with Crippen LogP contribution in [0.1, 0.15) is 48.2 Å². The average Bonchev–Trinajstić information content (AvgIpc) is 3.56. The molecule has 0 N–H and O–H groups in total. The van der Waals surface area contributed by atoms with E-state index in [9.17, 15) is 9.59 Å². The fourth-order valence-electron chi connectivity index (χ4n) is 4.94. The van der Waals surface area contributed by atoms with Gasteiger partial charge >= 0.3 is 0 Å². The first kappa shape index (κ1) is 22.2. The highest BCUT2D eigenvalue weighted by atomic mass is 16.5. The number of nitrogens with zero attached hydrogens (tertiary/aromatic N) is 2. The van der Waals surface area contributed by atoms with Crippen molar-refractivity contribution in [1.29, 1.82) is 0 Å². The number of hydrogen-bond donors (Lipinski definition) is 0. The Morgan fingerprint density at radius 1 is 1.22 bits per heavy atom. The van der Waals surface area contributed by atoms with Gasteiger partial charge in [-0.05, 0) is 74.3 Å². The first-order chi connectivity index (χ1) is 15.6. The van der Waals surface area contributed by atoms with Crippen LogP contribution in [0.3, 0.4) is 0 Å². The molecule has 1 atom stereocenters. The van der Waals surface area contributed by atoms with Gasteiger partial charge in [-0.25, -0.2) is 0 Å². The van der Waals surface area contributed by atoms with E-state index in [0.717, 1.165) is 68.5 Å². The van der Waals surface area contributed by atoms with E-state index >= 15 is 0 Å². The second-order valence-electron chi connectivity index (χ2n) is 8.77. The minimum absolute atomic E-state index is 0.00246. The van der Waals surface area contributed by atoms with Crippen LogP contribution in [0.2, 0.25) is 0 Å². The Bertz CT molecular complexity index is 958. The molecule has 1 aliphatic carbocycles. The molecule has 6 heteroatoms. The van der Waals surface area contributed by atoms with E-state index in [1.807, 2.05) is 35.0 Å². The summed E-state index contributed by atoms with van der Waals surface area (Å²) < 4.78 is 10.8. The number of carbonyl (C=O) groups excluding carboxylic acids is 2. The lowest BCUT2D eigenvalue weighted by Gasteiger charge is -2.40. The molecule has 2 heterocycles. The van der Waals surface area contributed by atoms with Crippen LogP contribution < -0.4 is 4.74 Å². The molecule has 0 radical (unpaired) electrons. The molecule has 0 unspecified atom stereocenters. The van der Waals surface area contributed by atoms with Gasteiger partial charge in [-0.2, -0.15) is 0 Å². The fraction of sp³-hybridized carbons (Fsp3) is 0.462. The Hall–Kier alpha value is -3.02. The van der Waals surface area contributed by atoms with Crippen molar-refractivity contribution in [2.75, 3.05) is 27.2 Å². The Morgan fingerprint density at radius 2 is 2.03 bits per heavy atom. The third kappa shape index (κ3) is 4.90. The molecule has 0 spiro atoms. The van der Waals surface area contributed by atoms with Gasteiger partial charge in [-0.3, -0.25) is 9.59 Å². The van der Waals surface area contributed by atoms with Gasteiger partial charge in [0.05, 0.1) is 13.4 Å². The van der Waals surface area contributed by atoms with Crippen LogP contribution in [0.15, 0.2) is 58.7 Å². The van der Waals surface area contributed by atoms with Gasteiger partial charge in [0, 0.05) is 31.8 Å². The topological polar surface area (TPSA) is 63.0 Å². The van der Waals surface area contributed by atoms with Crippen LogP contribution in [0.25, 0.3) is 0 Å². The number of piperidine rings is 1. The summed E-state index contributed by atoms with van der Waals surface area (Å²) in [6.45, 7) is 1.47. The lowest BCUT2D eigenvalue weighted by atomic mass is 9.84. The molecule has 0 saturated carbocycles. The predicted molar refractivity (Wildman–Crippen MR) is 123 cm³/mol. The van der Waals surface area contributed by atoms with Crippen LogP contribution in [0, 0.1) is 5.92 Å². The van der Waals surface area contributed by atoms with Gasteiger partial charge in [0.2, 0.25) is 5.91 Å². The summed E-state index contributed by atoms with van der Waals surface area (Å²) in [5.41, 5.74) is 2.10. The number of hydrogen-bond acceptors (Lipinski definition) is 4. The van der Waals surface area contributed by atoms with Crippen molar-refractivity contribution in [3.63, 3.8) is 0 Å². The van der Waals surface area contributed by atoms with E-state index in [1.165, 1.54) is 6.26 Å². The molecule has 1 aromatic heterocycles. The lowest BCUT2D eigenvalue weighted by Crippen LogP contribution is -2.48. The summed E-state index contributed by atoms with van der Waals surface area (Å²) in [7, 11) is 3.52. The summed E-state index contributed by atoms with van der Waals surface area (Å²) >= 11 is 0. The third-order valence-electron chi connectivity index (χ3n) is 6.82. The first-order valence-electron chi connectivity index (χ1n) is 11.5. The highest BCUT2D eigenvalue weighted by Crippen LogP contribution is 2.30. The second kappa shape index (κ2) is 10.1. The number of rotatable bonds is 7. The Balaban J connectivity index is 1.49. The monoisotopic (exact) mass is 436 g/mol. The molecule has 2 aromatic rings. The van der Waals surface area contributed by atoms with Crippen molar-refractivity contribution in [1.82, 2.24) is 9.80 Å². The zero-order valence-corrected chi connectivity index (χ0v) is 19.0. The molecule has 1 fully saturated rings. The van der Waals surface area contributed by atoms with Crippen LogP contribution in [0.4, 0.5) is 0 Å². The molecule has 2 amide bonds. The standard InChI is InChI=1S/C26H32N2O4/c1-27(26(30)24-11-6-16-32-24)23(18-19-7-5-10-22(17-19)31-2)20-12-14-28(15-13-20)25(29)21-8-3-4-9-21/h5-8,10-11,16-17,20,23H,3-4,9,12-15,18H2,1-2H3/t23-/m1/s1. The summed E-state index contributed by atoms with van der Waals surface area (Å²) in [4.78, 5) is 29.7. The van der Waals surface area contributed by atoms with Crippen molar-refractivity contribution in [3.05, 3.63) is 65.6 Å². The number of methoxy groups -OCH3 is 1. The highest BCUT2D eigenvalue weighted by Gasteiger charge is 2.34. The maximum absolute atomic E-state index is 13.1. The lowest BCUT2D eigenvalue weighted by molar-refractivity contribution is -0.128. The minimum atomic E-state index is -0.113. The van der Waals surface area contributed by atoms with Crippen molar-refractivity contribution in [2.24, 2.45) is 5.92 Å². The zero-order chi connectivity index (χ0) is 22.5. The normalized spacial score (nSPS) is 17.7. The van der Waals surface area contributed by atoms with Crippen molar-refractivity contribution < 1.29 is 18.7 Å². The van der Waals surface area contributed by atoms with Crippen LogP contribution in [0.5, 0.6) is 5.75 Å². The van der Waals surface area contributed by atoms with E-state index < -0.39 is 0 Å². The Morgan fingerprint density at radius 3 is 2.69 bits per heavy atom. The smallest absolute Gasteiger partial charge is 0.289 e. The maximum Gasteiger partial charge on any atom is 0.289 e. The van der Waals surface area contributed by atoms with E-state index in [2.05, 4.69) is 12.1 Å². The number of carbonyl (C=O) groups is 2. The number of furan rings is 1. The third-order valence-corrected chi connectivity index (χ3v) is 6.82. The van der Waals surface area contributed by atoms with Gasteiger partial charge in [0.25, 0.3) is 5.91 Å². The molecular weight excluding hydrogens is 404 g/mol. The minimum Gasteiger partial charge on any atom is -0.497 e. The average molecular weight is 437 g/mol. The van der Waals surface area contributed by atoms with Gasteiger partial charge in [-0.1, -0.05) is 18.2 Å². The SMILES string of the molecule is COc1cccc(C[C@H](C2CCN(C(=O)C3=CCCC3)CC2)N(C)C(=O)c2ccco2)c1. The quantitative estimate of drug-likeness (QED) is 0.649. The van der Waals surface area contributed by atoms with Crippen molar-refractivity contribution in [3.8, 4) is 5.75 Å². The van der Waals surface area contributed by atoms with Gasteiger partial charge in [0.15, 0.2) is 5.76 Å². The summed E-state index contributed by atoms with van der Waals surface area (Å²) in [6, 6.07) is 11.5. The summed E-state index contributed by atoms with van der Waals surface area (Å²) in [6.07, 6.45) is 9.10. The Labute approximate surface area is 189 Å². The molecule has 0 bridgehead atoms. The second-order valence-corrected chi connectivity index (χ2v) is 8.77. The number of allylic oxidation sites excluding steroid dienone is 1. The molecule has 1 aromatic carbocycles. The van der Waals surface area contributed by atoms with Gasteiger partial charge in [0.1, 0.15) is 5.75 Å². The van der Waals surface area contributed by atoms with Crippen LogP contribution >= 0.6 is 0 Å². The number of likely N-dealkylation sites (N-methyl/N-ethyl adjacent to an activating group) is 1. The van der Waals surface area contributed by atoms with Gasteiger partial charge < -0.3 is 19.0 Å². The van der Waals surface area contributed by atoms with E-state index in [0.29, 0.717) is 11.7 Å². The van der Waals surface area contributed by atoms with E-state index in [-0.39, 0.29) is 17.9 Å². The molecule has 6 nitrogen and oxygen atoms in total. The number of ether oxygens (including phenoxy) is 1. The Kier molecular flexibility index (Phi) is 6.98. The number of benzene rings is 1. The molecule has 1 saturated heterocycles. The van der Waals surface area contributed by atoms with Crippen LogP contribution in [-0.4, -0.2) is 54.9 Å². The predicted octanol–water partition coefficient (Wildman–Crippen LogP) is 4.32. The number of amides is 2. The molecule has 170 valence electrons. The summed E-state index contributed by atoms with van der Waals surface area (Å²) in [5, 5.41) is 0.